The van der Waals surface area contributed by atoms with E-state index in [1.807, 2.05) is 97.9 Å². The van der Waals surface area contributed by atoms with Crippen molar-refractivity contribution in [2.24, 2.45) is 0 Å². The number of esters is 1. The molecule has 0 spiro atoms. The molecule has 6 heteroatoms. The topological polar surface area (TPSA) is 54.0 Å². The molecule has 3 aromatic carbocycles. The minimum absolute atomic E-state index is 0.429. The van der Waals surface area contributed by atoms with Crippen molar-refractivity contribution >= 4 is 14.8 Å². The van der Waals surface area contributed by atoms with Gasteiger partial charge in [0.1, 0.15) is 17.2 Å². The zero-order chi connectivity index (χ0) is 21.2. The fourth-order valence-electron chi connectivity index (χ4n) is 2.81. The summed E-state index contributed by atoms with van der Waals surface area (Å²) in [6, 6.07) is 27.7. The molecule has 0 radical (unpaired) electrons. The Morgan fingerprint density at radius 1 is 0.800 bits per heavy atom. The molecule has 5 nitrogen and oxygen atoms in total. The van der Waals surface area contributed by atoms with Gasteiger partial charge in [0.25, 0.3) is 0 Å². The third-order valence-corrected chi connectivity index (χ3v) is 7.08. The predicted molar refractivity (Wildman–Crippen MR) is 117 cm³/mol. The number of para-hydroxylation sites is 3. The molecule has 3 rings (SSSR count). The summed E-state index contributed by atoms with van der Waals surface area (Å²) in [7, 11) is -3.72. The van der Waals surface area contributed by atoms with E-state index < -0.39 is 20.5 Å². The predicted octanol–water partition coefficient (Wildman–Crippen LogP) is 5.21. The Balaban J connectivity index is 2.08. The third-order valence-electron chi connectivity index (χ3n) is 4.20. The maximum Gasteiger partial charge on any atom is 0.742 e. The lowest BCUT2D eigenvalue weighted by Gasteiger charge is -2.34. The quantitative estimate of drug-likeness (QED) is 0.256. The molecule has 0 aliphatic heterocycles. The van der Waals surface area contributed by atoms with Gasteiger partial charge in [0.05, 0.1) is 0 Å². The van der Waals surface area contributed by atoms with Gasteiger partial charge in [0, 0.05) is 6.08 Å². The van der Waals surface area contributed by atoms with E-state index in [1.54, 1.807) is 0 Å². The minimum Gasteiger partial charge on any atom is -0.481 e. The number of ether oxygens (including phenoxy) is 1. The third kappa shape index (κ3) is 5.52. The van der Waals surface area contributed by atoms with Crippen molar-refractivity contribution in [3.63, 3.8) is 0 Å². The van der Waals surface area contributed by atoms with Crippen LogP contribution in [0.3, 0.4) is 0 Å². The summed E-state index contributed by atoms with van der Waals surface area (Å²) in [4.78, 5) is 12.1. The lowest BCUT2D eigenvalue weighted by atomic mass is 10.3. The van der Waals surface area contributed by atoms with Crippen LogP contribution in [0.15, 0.2) is 104 Å². The normalized spacial score (nSPS) is 11.8. The number of rotatable bonds is 10. The van der Waals surface area contributed by atoms with E-state index in [1.165, 1.54) is 0 Å². The summed E-state index contributed by atoms with van der Waals surface area (Å²) < 4.78 is 24.8. The van der Waals surface area contributed by atoms with Crippen LogP contribution < -0.4 is 13.3 Å². The van der Waals surface area contributed by atoms with E-state index in [0.29, 0.717) is 23.7 Å². The van der Waals surface area contributed by atoms with Crippen LogP contribution in [-0.2, 0) is 9.53 Å². The molecule has 0 amide bonds. The van der Waals surface area contributed by atoms with Gasteiger partial charge >= 0.3 is 14.8 Å². The van der Waals surface area contributed by atoms with Crippen molar-refractivity contribution < 1.29 is 22.8 Å². The lowest BCUT2D eigenvalue weighted by Crippen LogP contribution is -2.65. The van der Waals surface area contributed by atoms with Crippen molar-refractivity contribution in [3.05, 3.63) is 104 Å². The molecule has 0 N–H and O–H groups in total. The second-order valence-corrected chi connectivity index (χ2v) is 8.85. The summed E-state index contributed by atoms with van der Waals surface area (Å²) in [6.07, 6.45) is 1.55. The lowest BCUT2D eigenvalue weighted by molar-refractivity contribution is -0.141. The first kappa shape index (κ1) is 21.2. The molecule has 0 saturated carbocycles. The van der Waals surface area contributed by atoms with Crippen molar-refractivity contribution in [2.45, 2.75) is 19.1 Å². The number of carbonyl (C=O) groups excluding carboxylic acids is 1. The minimum atomic E-state index is -3.72. The van der Waals surface area contributed by atoms with Crippen LogP contribution in [0, 0.1) is 0 Å². The number of benzene rings is 3. The highest BCUT2D eigenvalue weighted by molar-refractivity contribution is 6.64. The smallest absolute Gasteiger partial charge is 0.481 e. The first-order valence-corrected chi connectivity index (χ1v) is 11.5. The first-order valence-electron chi connectivity index (χ1n) is 9.70. The van der Waals surface area contributed by atoms with Crippen LogP contribution in [0.1, 0.15) is 13.3 Å². The fraction of sp³-hybridized carbons (Fsp3) is 0.125. The highest BCUT2D eigenvalue weighted by Crippen LogP contribution is 2.28. The zero-order valence-electron chi connectivity index (χ0n) is 16.8. The summed E-state index contributed by atoms with van der Waals surface area (Å²) in [5.74, 6) is 1.11. The van der Waals surface area contributed by atoms with Crippen LogP contribution in [-0.4, -0.2) is 20.5 Å². The Labute approximate surface area is 177 Å². The van der Waals surface area contributed by atoms with Crippen molar-refractivity contribution in [1.29, 1.82) is 0 Å². The van der Waals surface area contributed by atoms with Crippen LogP contribution >= 0.6 is 0 Å². The molecule has 0 bridgehead atoms. The molecule has 1 unspecified atom stereocenters. The number of hydrogen-bond donors (Lipinski definition) is 0. The highest BCUT2D eigenvalue weighted by atomic mass is 28.4. The van der Waals surface area contributed by atoms with Gasteiger partial charge in [-0.2, -0.15) is 0 Å². The van der Waals surface area contributed by atoms with Gasteiger partial charge in [0.2, 0.25) is 5.73 Å². The van der Waals surface area contributed by atoms with Crippen molar-refractivity contribution in [3.8, 4) is 17.2 Å². The maximum atomic E-state index is 12.1. The molecule has 0 heterocycles. The van der Waals surface area contributed by atoms with E-state index in [4.69, 9.17) is 18.0 Å². The molecule has 0 fully saturated rings. The standard InChI is InChI=1S/C24H24O5Si/c1-3-23(25)26-24(4-2)30(27-20-14-8-5-9-15-20,28-21-16-10-6-11-17-21)29-22-18-12-7-13-19-22/h3,5-19,24H,1,4H2,2H3. The molecule has 0 saturated heterocycles. The second-order valence-electron chi connectivity index (χ2n) is 6.39. The molecule has 0 aromatic heterocycles. The molecule has 154 valence electrons. The van der Waals surface area contributed by atoms with E-state index >= 15 is 0 Å². The van der Waals surface area contributed by atoms with Crippen LogP contribution in [0.25, 0.3) is 0 Å². The maximum absolute atomic E-state index is 12.1. The average Bonchev–Trinajstić information content (AvgIpc) is 2.79. The van der Waals surface area contributed by atoms with E-state index in [9.17, 15) is 4.79 Å². The SMILES string of the molecule is C=CC(=O)OC(CC)[Si](Oc1ccccc1)(Oc1ccccc1)Oc1ccccc1. The monoisotopic (exact) mass is 420 g/mol. The second kappa shape index (κ2) is 10.3. The van der Waals surface area contributed by atoms with Gasteiger partial charge in [0.15, 0.2) is 0 Å². The first-order chi connectivity index (χ1) is 14.6. The summed E-state index contributed by atoms with van der Waals surface area (Å²) >= 11 is 0. The van der Waals surface area contributed by atoms with E-state index in [0.717, 1.165) is 6.08 Å². The molecule has 30 heavy (non-hydrogen) atoms. The molecular formula is C24H24O5Si. The highest BCUT2D eigenvalue weighted by Gasteiger charge is 2.59. The molecule has 1 atom stereocenters. The van der Waals surface area contributed by atoms with Gasteiger partial charge in [-0.15, -0.1) is 0 Å². The van der Waals surface area contributed by atoms with Crippen LogP contribution in [0.2, 0.25) is 0 Å². The van der Waals surface area contributed by atoms with Crippen molar-refractivity contribution in [2.75, 3.05) is 0 Å². The molecule has 0 aliphatic carbocycles. The number of carbonyl (C=O) groups is 1. The van der Waals surface area contributed by atoms with Crippen LogP contribution in [0.4, 0.5) is 0 Å². The van der Waals surface area contributed by atoms with Gasteiger partial charge in [-0.05, 0) is 42.8 Å². The summed E-state index contributed by atoms with van der Waals surface area (Å²) in [5.41, 5.74) is -0.761. The van der Waals surface area contributed by atoms with Gasteiger partial charge in [-0.25, -0.2) is 4.79 Å². The Kier molecular flexibility index (Phi) is 7.29. The summed E-state index contributed by atoms with van der Waals surface area (Å²) in [5, 5.41) is 0. The Morgan fingerprint density at radius 3 is 1.47 bits per heavy atom. The number of hydrogen-bond acceptors (Lipinski definition) is 5. The Bertz CT molecular complexity index is 830. The molecule has 0 aliphatic rings. The zero-order valence-corrected chi connectivity index (χ0v) is 17.8. The average molecular weight is 421 g/mol. The van der Waals surface area contributed by atoms with Crippen molar-refractivity contribution in [1.82, 2.24) is 0 Å². The Morgan fingerprint density at radius 2 is 1.17 bits per heavy atom. The molecular weight excluding hydrogens is 396 g/mol. The van der Waals surface area contributed by atoms with Gasteiger partial charge in [-0.1, -0.05) is 68.1 Å². The van der Waals surface area contributed by atoms with E-state index in [-0.39, 0.29) is 0 Å². The van der Waals surface area contributed by atoms with Gasteiger partial charge < -0.3 is 18.0 Å². The van der Waals surface area contributed by atoms with Gasteiger partial charge in [-0.3, -0.25) is 0 Å². The Hall–Kier alpha value is -3.51. The largest absolute Gasteiger partial charge is 0.742 e. The van der Waals surface area contributed by atoms with Crippen LogP contribution in [0.5, 0.6) is 17.2 Å². The molecule has 3 aromatic rings. The van der Waals surface area contributed by atoms with E-state index in [2.05, 4.69) is 6.58 Å². The summed E-state index contributed by atoms with van der Waals surface area (Å²) in [6.45, 7) is 5.39. The fourth-order valence-corrected chi connectivity index (χ4v) is 5.49.